The highest BCUT2D eigenvalue weighted by molar-refractivity contribution is 6.31. The lowest BCUT2D eigenvalue weighted by Crippen LogP contribution is -2.23. The quantitative estimate of drug-likeness (QED) is 0.855. The van der Waals surface area contributed by atoms with Crippen LogP contribution in [0.5, 0.6) is 0 Å². The molecule has 1 heterocycles. The second-order valence-corrected chi connectivity index (χ2v) is 5.94. The van der Waals surface area contributed by atoms with E-state index in [1.807, 2.05) is 24.8 Å². The highest BCUT2D eigenvalue weighted by Gasteiger charge is 2.16. The first-order valence-corrected chi connectivity index (χ1v) is 7.61. The maximum atomic E-state index is 6.34. The summed E-state index contributed by atoms with van der Waals surface area (Å²) in [6.07, 6.45) is 3.49. The summed E-state index contributed by atoms with van der Waals surface area (Å²) in [6, 6.07) is 10.3. The molecule has 0 spiro atoms. The predicted octanol–water partition coefficient (Wildman–Crippen LogP) is 2.73. The summed E-state index contributed by atoms with van der Waals surface area (Å²) in [4.78, 5) is 2.12. The summed E-state index contributed by atoms with van der Waals surface area (Å²) in [6.45, 7) is 1.71. The number of aromatic nitrogens is 2. The summed E-state index contributed by atoms with van der Waals surface area (Å²) < 4.78 is 1.93. The topological polar surface area (TPSA) is 47.1 Å². The molecule has 4 nitrogen and oxygen atoms in total. The molecule has 0 saturated carbocycles. The summed E-state index contributed by atoms with van der Waals surface area (Å²) in [5, 5.41) is 5.00. The maximum Gasteiger partial charge on any atom is 0.0834 e. The number of aryl methyl sites for hydroxylation is 1. The van der Waals surface area contributed by atoms with E-state index in [1.54, 1.807) is 6.20 Å². The molecular formula is C16H23ClN4. The molecule has 0 bridgehead atoms. The zero-order chi connectivity index (χ0) is 15.2. The summed E-state index contributed by atoms with van der Waals surface area (Å²) in [5.41, 5.74) is 8.57. The molecule has 0 radical (unpaired) electrons. The predicted molar refractivity (Wildman–Crippen MR) is 87.5 cm³/mol. The molecule has 2 rings (SSSR count). The summed E-state index contributed by atoms with van der Waals surface area (Å²) in [7, 11) is 4.08. The Morgan fingerprint density at radius 2 is 2.00 bits per heavy atom. The molecule has 1 aromatic carbocycles. The number of hydrogen-bond donors (Lipinski definition) is 1. The van der Waals surface area contributed by atoms with Crippen molar-refractivity contribution in [3.05, 3.63) is 52.8 Å². The summed E-state index contributed by atoms with van der Waals surface area (Å²) >= 11 is 6.26. The van der Waals surface area contributed by atoms with E-state index in [-0.39, 0.29) is 6.04 Å². The second-order valence-electron chi connectivity index (χ2n) is 5.53. The van der Waals surface area contributed by atoms with Gasteiger partial charge in [0.1, 0.15) is 0 Å². The molecule has 0 fully saturated rings. The van der Waals surface area contributed by atoms with E-state index in [2.05, 4.69) is 34.3 Å². The van der Waals surface area contributed by atoms with Crippen molar-refractivity contribution in [1.29, 1.82) is 0 Å². The fourth-order valence-corrected chi connectivity index (χ4v) is 2.60. The Balaban J connectivity index is 2.01. The fourth-order valence-electron chi connectivity index (χ4n) is 2.32. The maximum absolute atomic E-state index is 6.34. The van der Waals surface area contributed by atoms with Gasteiger partial charge in [-0.3, -0.25) is 4.68 Å². The van der Waals surface area contributed by atoms with Gasteiger partial charge in [-0.15, -0.1) is 0 Å². The van der Waals surface area contributed by atoms with Gasteiger partial charge in [-0.2, -0.15) is 5.10 Å². The van der Waals surface area contributed by atoms with E-state index >= 15 is 0 Å². The fraction of sp³-hybridized carbons (Fsp3) is 0.438. The highest BCUT2D eigenvalue weighted by atomic mass is 35.5. The van der Waals surface area contributed by atoms with Gasteiger partial charge in [-0.25, -0.2) is 0 Å². The van der Waals surface area contributed by atoms with E-state index < -0.39 is 0 Å². The van der Waals surface area contributed by atoms with Gasteiger partial charge < -0.3 is 10.6 Å². The average molecular weight is 307 g/mol. The van der Waals surface area contributed by atoms with Crippen molar-refractivity contribution in [2.24, 2.45) is 5.73 Å². The Kier molecular flexibility index (Phi) is 5.79. The lowest BCUT2D eigenvalue weighted by Gasteiger charge is -2.17. The van der Waals surface area contributed by atoms with Gasteiger partial charge in [0, 0.05) is 12.6 Å². The molecule has 0 amide bonds. The van der Waals surface area contributed by atoms with Crippen molar-refractivity contribution in [1.82, 2.24) is 14.7 Å². The van der Waals surface area contributed by atoms with Gasteiger partial charge in [0.15, 0.2) is 0 Å². The van der Waals surface area contributed by atoms with Crippen molar-refractivity contribution in [2.75, 3.05) is 20.6 Å². The Bertz CT molecular complexity index is 551. The molecule has 1 unspecified atom stereocenters. The van der Waals surface area contributed by atoms with Crippen molar-refractivity contribution in [2.45, 2.75) is 25.4 Å². The number of likely N-dealkylation sites (N-methyl/N-ethyl adjacent to an activating group) is 1. The molecule has 1 aromatic heterocycles. The largest absolute Gasteiger partial charge is 0.323 e. The van der Waals surface area contributed by atoms with Gasteiger partial charge in [0.2, 0.25) is 0 Å². The van der Waals surface area contributed by atoms with Crippen LogP contribution in [0.1, 0.15) is 23.7 Å². The van der Waals surface area contributed by atoms with Gasteiger partial charge >= 0.3 is 0 Å². The van der Waals surface area contributed by atoms with E-state index in [0.29, 0.717) is 5.02 Å². The molecule has 0 aliphatic rings. The lowest BCUT2D eigenvalue weighted by atomic mass is 10.0. The molecular weight excluding hydrogens is 284 g/mol. The molecule has 1 atom stereocenters. The van der Waals surface area contributed by atoms with Crippen LogP contribution in [0.15, 0.2) is 36.5 Å². The Morgan fingerprint density at radius 1 is 1.29 bits per heavy atom. The molecule has 21 heavy (non-hydrogen) atoms. The van der Waals surface area contributed by atoms with Crippen LogP contribution in [-0.2, 0) is 13.0 Å². The minimum absolute atomic E-state index is 0.0950. The number of nitrogens with two attached hydrogens (primary N) is 1. The van der Waals surface area contributed by atoms with Gasteiger partial charge in [-0.05, 0) is 32.5 Å². The van der Waals surface area contributed by atoms with Crippen LogP contribution in [0.3, 0.4) is 0 Å². The van der Waals surface area contributed by atoms with Gasteiger partial charge in [-0.1, -0.05) is 41.9 Å². The third-order valence-corrected chi connectivity index (χ3v) is 3.82. The number of benzene rings is 1. The van der Waals surface area contributed by atoms with Gasteiger partial charge in [0.05, 0.1) is 23.5 Å². The monoisotopic (exact) mass is 306 g/mol. The van der Waals surface area contributed by atoms with Crippen LogP contribution in [0.4, 0.5) is 0 Å². The third kappa shape index (κ3) is 4.56. The molecule has 0 aliphatic heterocycles. The van der Waals surface area contributed by atoms with Crippen LogP contribution < -0.4 is 5.73 Å². The van der Waals surface area contributed by atoms with E-state index in [0.717, 1.165) is 31.6 Å². The lowest BCUT2D eigenvalue weighted by molar-refractivity contribution is 0.365. The minimum Gasteiger partial charge on any atom is -0.323 e. The average Bonchev–Trinajstić information content (AvgIpc) is 2.85. The Hall–Kier alpha value is -1.36. The Morgan fingerprint density at radius 3 is 2.67 bits per heavy atom. The third-order valence-electron chi connectivity index (χ3n) is 3.53. The molecule has 0 aliphatic carbocycles. The van der Waals surface area contributed by atoms with Crippen LogP contribution in [-0.4, -0.2) is 35.3 Å². The molecule has 2 aromatic rings. The number of rotatable bonds is 7. The number of halogens is 1. The van der Waals surface area contributed by atoms with Crippen molar-refractivity contribution in [3.8, 4) is 0 Å². The van der Waals surface area contributed by atoms with E-state index in [1.165, 1.54) is 5.56 Å². The zero-order valence-corrected chi connectivity index (χ0v) is 13.4. The molecule has 114 valence electrons. The first-order chi connectivity index (χ1) is 10.1. The van der Waals surface area contributed by atoms with Crippen LogP contribution in [0.25, 0.3) is 0 Å². The second kappa shape index (κ2) is 7.59. The molecule has 0 saturated heterocycles. The van der Waals surface area contributed by atoms with Crippen LogP contribution in [0.2, 0.25) is 5.02 Å². The van der Waals surface area contributed by atoms with Crippen LogP contribution in [0, 0.1) is 0 Å². The SMILES string of the molecule is CN(C)CCn1ncc(Cl)c1C(N)CCc1ccccc1. The van der Waals surface area contributed by atoms with E-state index in [9.17, 15) is 0 Å². The smallest absolute Gasteiger partial charge is 0.0834 e. The standard InChI is InChI=1S/C16H23ClN4/c1-20(2)10-11-21-16(14(17)12-19-21)15(18)9-8-13-6-4-3-5-7-13/h3-7,12,15H,8-11,18H2,1-2H3. The minimum atomic E-state index is -0.0950. The first kappa shape index (κ1) is 16.0. The number of hydrogen-bond acceptors (Lipinski definition) is 3. The van der Waals surface area contributed by atoms with Crippen molar-refractivity contribution < 1.29 is 0 Å². The summed E-state index contributed by atoms with van der Waals surface area (Å²) in [5.74, 6) is 0. The zero-order valence-electron chi connectivity index (χ0n) is 12.7. The Labute approximate surface area is 131 Å². The molecule has 2 N–H and O–H groups in total. The van der Waals surface area contributed by atoms with E-state index in [4.69, 9.17) is 17.3 Å². The highest BCUT2D eigenvalue weighted by Crippen LogP contribution is 2.24. The van der Waals surface area contributed by atoms with Crippen molar-refractivity contribution in [3.63, 3.8) is 0 Å². The normalized spacial score (nSPS) is 12.8. The van der Waals surface area contributed by atoms with Gasteiger partial charge in [0.25, 0.3) is 0 Å². The molecule has 5 heteroatoms. The van der Waals surface area contributed by atoms with Crippen LogP contribution >= 0.6 is 11.6 Å². The first-order valence-electron chi connectivity index (χ1n) is 7.23. The number of nitrogens with zero attached hydrogens (tertiary/aromatic N) is 3. The van der Waals surface area contributed by atoms with Crippen molar-refractivity contribution >= 4 is 11.6 Å².